The second-order valence-electron chi connectivity index (χ2n) is 6.09. The lowest BCUT2D eigenvalue weighted by molar-refractivity contribution is -0.119. The number of nitrogens with zero attached hydrogens (tertiary/aromatic N) is 1. The van der Waals surface area contributed by atoms with E-state index in [1.54, 1.807) is 6.07 Å². The molecule has 0 aliphatic carbocycles. The molecule has 134 valence electrons. The Morgan fingerprint density at radius 1 is 0.815 bits per heavy atom. The molecule has 0 unspecified atom stereocenters. The number of carbonyl (C=O) groups is 2. The minimum absolute atomic E-state index is 0.0635. The van der Waals surface area contributed by atoms with Crippen LogP contribution in [0.4, 0.5) is 5.69 Å². The highest BCUT2D eigenvalue weighted by molar-refractivity contribution is 8.04. The van der Waals surface area contributed by atoms with Gasteiger partial charge in [0, 0.05) is 11.1 Å². The lowest BCUT2D eigenvalue weighted by Gasteiger charge is -2.17. The molecule has 0 atom stereocenters. The quantitative estimate of drug-likeness (QED) is 0.688. The topological polar surface area (TPSA) is 57.6 Å². The molecule has 5 heteroatoms. The van der Waals surface area contributed by atoms with Crippen LogP contribution in [0.25, 0.3) is 16.3 Å². The van der Waals surface area contributed by atoms with Crippen LogP contribution in [0.1, 0.15) is 5.56 Å². The average molecular weight is 375 g/mol. The third-order valence-corrected chi connectivity index (χ3v) is 5.50. The number of aliphatic hydroxyl groups is 1. The summed E-state index contributed by atoms with van der Waals surface area (Å²) in [4.78, 5) is 28.1. The number of imide groups is 1. The van der Waals surface area contributed by atoms with Gasteiger partial charge >= 0.3 is 0 Å². The first-order valence-corrected chi connectivity index (χ1v) is 9.61. The number of hydrogen-bond acceptors (Lipinski definition) is 4. The van der Waals surface area contributed by atoms with Crippen molar-refractivity contribution in [3.05, 3.63) is 83.3 Å². The number of aliphatic hydroxyl groups excluding tert-OH is 1. The third kappa shape index (κ3) is 3.05. The van der Waals surface area contributed by atoms with E-state index in [1.165, 1.54) is 16.7 Å². The minimum atomic E-state index is -0.339. The van der Waals surface area contributed by atoms with E-state index < -0.39 is 0 Å². The van der Waals surface area contributed by atoms with Gasteiger partial charge < -0.3 is 5.11 Å². The summed E-state index contributed by atoms with van der Waals surface area (Å²) in [5.41, 5.74) is 1.68. The summed E-state index contributed by atoms with van der Waals surface area (Å²) in [7, 11) is 0. The Bertz CT molecular complexity index is 1050. The van der Waals surface area contributed by atoms with Crippen molar-refractivity contribution in [1.29, 1.82) is 0 Å². The maximum absolute atomic E-state index is 13.3. The molecule has 0 bridgehead atoms. The molecule has 1 aliphatic rings. The van der Waals surface area contributed by atoms with E-state index >= 15 is 0 Å². The molecule has 0 spiro atoms. The number of hydrogen-bond donors (Lipinski definition) is 1. The van der Waals surface area contributed by atoms with Gasteiger partial charge in [0.15, 0.2) is 0 Å². The van der Waals surface area contributed by atoms with Gasteiger partial charge in [-0.2, -0.15) is 0 Å². The van der Waals surface area contributed by atoms with E-state index in [4.69, 9.17) is 0 Å². The minimum Gasteiger partial charge on any atom is -0.396 e. The number of benzene rings is 3. The molecule has 1 aliphatic heterocycles. The Kier molecular flexibility index (Phi) is 4.79. The highest BCUT2D eigenvalue weighted by atomic mass is 32.2. The molecule has 3 aromatic carbocycles. The largest absolute Gasteiger partial charge is 0.396 e. The zero-order chi connectivity index (χ0) is 18.8. The zero-order valence-electron chi connectivity index (χ0n) is 14.5. The van der Waals surface area contributed by atoms with Crippen LogP contribution in [-0.4, -0.2) is 29.3 Å². The van der Waals surface area contributed by atoms with E-state index in [2.05, 4.69) is 0 Å². The van der Waals surface area contributed by atoms with E-state index in [0.717, 1.165) is 10.8 Å². The number of amides is 2. The molecule has 0 aromatic heterocycles. The highest BCUT2D eigenvalue weighted by Crippen LogP contribution is 2.40. The van der Waals surface area contributed by atoms with Crippen molar-refractivity contribution in [2.24, 2.45) is 0 Å². The SMILES string of the molecule is O=C1C(SCCO)=C(c2ccccc2)C(=O)N1c1cccc2ccccc12. The summed E-state index contributed by atoms with van der Waals surface area (Å²) in [6.45, 7) is -0.0635. The molecule has 27 heavy (non-hydrogen) atoms. The molecule has 1 N–H and O–H groups in total. The first-order chi connectivity index (χ1) is 13.2. The normalized spacial score (nSPS) is 14.5. The lowest BCUT2D eigenvalue weighted by Crippen LogP contribution is -2.31. The molecule has 4 nitrogen and oxygen atoms in total. The summed E-state index contributed by atoms with van der Waals surface area (Å²) < 4.78 is 0. The first-order valence-electron chi connectivity index (χ1n) is 8.62. The maximum atomic E-state index is 13.3. The number of rotatable bonds is 5. The van der Waals surface area contributed by atoms with Crippen LogP contribution in [0, 0.1) is 0 Å². The second kappa shape index (κ2) is 7.39. The zero-order valence-corrected chi connectivity index (χ0v) is 15.3. The Morgan fingerprint density at radius 3 is 2.30 bits per heavy atom. The van der Waals surface area contributed by atoms with Crippen molar-refractivity contribution >= 4 is 45.6 Å². The summed E-state index contributed by atoms with van der Waals surface area (Å²) in [5.74, 6) is -0.315. The highest BCUT2D eigenvalue weighted by Gasteiger charge is 2.40. The van der Waals surface area contributed by atoms with Gasteiger partial charge in [-0.1, -0.05) is 66.7 Å². The molecule has 2 amide bonds. The summed E-state index contributed by atoms with van der Waals surface area (Å²) >= 11 is 1.22. The molecular weight excluding hydrogens is 358 g/mol. The fourth-order valence-electron chi connectivity index (χ4n) is 3.27. The lowest BCUT2D eigenvalue weighted by atomic mass is 10.1. The van der Waals surface area contributed by atoms with Gasteiger partial charge in [-0.05, 0) is 17.0 Å². The van der Waals surface area contributed by atoms with Crippen LogP contribution >= 0.6 is 11.8 Å². The van der Waals surface area contributed by atoms with Gasteiger partial charge in [-0.15, -0.1) is 11.8 Å². The van der Waals surface area contributed by atoms with Gasteiger partial charge in [0.05, 0.1) is 22.8 Å². The smallest absolute Gasteiger partial charge is 0.272 e. The van der Waals surface area contributed by atoms with Crippen LogP contribution in [0.3, 0.4) is 0 Å². The van der Waals surface area contributed by atoms with Crippen molar-refractivity contribution in [1.82, 2.24) is 0 Å². The predicted octanol–water partition coefficient (Wildman–Crippen LogP) is 3.85. The summed E-state index contributed by atoms with van der Waals surface area (Å²) in [5, 5.41) is 11.0. The summed E-state index contributed by atoms with van der Waals surface area (Å²) in [6, 6.07) is 22.5. The molecule has 4 rings (SSSR count). The van der Waals surface area contributed by atoms with Gasteiger partial charge in [-0.25, -0.2) is 4.90 Å². The second-order valence-corrected chi connectivity index (χ2v) is 7.19. The predicted molar refractivity (Wildman–Crippen MR) is 109 cm³/mol. The van der Waals surface area contributed by atoms with Crippen molar-refractivity contribution in [2.75, 3.05) is 17.3 Å². The van der Waals surface area contributed by atoms with E-state index in [1.807, 2.05) is 66.7 Å². The molecule has 0 fully saturated rings. The average Bonchev–Trinajstić information content (AvgIpc) is 2.96. The van der Waals surface area contributed by atoms with Crippen LogP contribution < -0.4 is 4.90 Å². The molecular formula is C22H17NO3S. The monoisotopic (exact) mass is 375 g/mol. The summed E-state index contributed by atoms with van der Waals surface area (Å²) in [6.07, 6.45) is 0. The van der Waals surface area contributed by atoms with Crippen LogP contribution in [0.5, 0.6) is 0 Å². The molecule has 3 aromatic rings. The van der Waals surface area contributed by atoms with Crippen LogP contribution in [0.2, 0.25) is 0 Å². The molecule has 0 saturated carbocycles. The van der Waals surface area contributed by atoms with Gasteiger partial charge in [0.2, 0.25) is 0 Å². The Labute approximate surface area is 161 Å². The van der Waals surface area contributed by atoms with Gasteiger partial charge in [0.25, 0.3) is 11.8 Å². The molecule has 1 heterocycles. The third-order valence-electron chi connectivity index (χ3n) is 4.45. The first kappa shape index (κ1) is 17.5. The van der Waals surface area contributed by atoms with Crippen molar-refractivity contribution in [3.63, 3.8) is 0 Å². The van der Waals surface area contributed by atoms with Gasteiger partial charge in [0.1, 0.15) is 0 Å². The van der Waals surface area contributed by atoms with E-state index in [9.17, 15) is 14.7 Å². The van der Waals surface area contributed by atoms with E-state index in [-0.39, 0.29) is 18.4 Å². The number of thioether (sulfide) groups is 1. The van der Waals surface area contributed by atoms with Crippen molar-refractivity contribution in [3.8, 4) is 0 Å². The van der Waals surface area contributed by atoms with Crippen molar-refractivity contribution in [2.45, 2.75) is 0 Å². The maximum Gasteiger partial charge on any atom is 0.272 e. The van der Waals surface area contributed by atoms with Crippen LogP contribution in [0.15, 0.2) is 77.7 Å². The molecule has 0 radical (unpaired) electrons. The van der Waals surface area contributed by atoms with Gasteiger partial charge in [-0.3, -0.25) is 9.59 Å². The fraction of sp³-hybridized carbons (Fsp3) is 0.0909. The van der Waals surface area contributed by atoms with Crippen LogP contribution in [-0.2, 0) is 9.59 Å². The standard InChI is InChI=1S/C22H17NO3S/c24-13-14-27-20-19(16-8-2-1-3-9-16)21(25)23(22(20)26)18-12-6-10-15-7-4-5-11-17(15)18/h1-12,24H,13-14H2. The van der Waals surface area contributed by atoms with Crippen molar-refractivity contribution < 1.29 is 14.7 Å². The fourth-order valence-corrected chi connectivity index (χ4v) is 4.13. The number of carbonyl (C=O) groups excluding carboxylic acids is 2. The number of anilines is 1. The Balaban J connectivity index is 1.86. The van der Waals surface area contributed by atoms with E-state index in [0.29, 0.717) is 27.5 Å². The number of fused-ring (bicyclic) bond motifs is 1. The Morgan fingerprint density at radius 2 is 1.52 bits per heavy atom. The molecule has 0 saturated heterocycles. The Hall–Kier alpha value is -2.89.